The Morgan fingerprint density at radius 3 is 3.00 bits per heavy atom. The van der Waals surface area contributed by atoms with E-state index in [9.17, 15) is 9.59 Å². The van der Waals surface area contributed by atoms with Crippen LogP contribution < -0.4 is 0 Å². The van der Waals surface area contributed by atoms with E-state index in [2.05, 4.69) is 5.92 Å². The third kappa shape index (κ3) is 1.74. The van der Waals surface area contributed by atoms with Crippen molar-refractivity contribution in [3.8, 4) is 12.3 Å². The highest BCUT2D eigenvalue weighted by Gasteiger charge is 2.43. The molecule has 0 unspecified atom stereocenters. The molecule has 0 bridgehead atoms. The number of hydrogen-bond donors (Lipinski definition) is 0. The molecule has 2 aliphatic rings. The Morgan fingerprint density at radius 2 is 2.27 bits per heavy atom. The number of terminal acetylenes is 1. The summed E-state index contributed by atoms with van der Waals surface area (Å²) in [6, 6.07) is 0. The zero-order chi connectivity index (χ0) is 10.9. The van der Waals surface area contributed by atoms with Crippen molar-refractivity contribution in [3.05, 3.63) is 12.2 Å². The van der Waals surface area contributed by atoms with Crippen LogP contribution in [0.2, 0.25) is 0 Å². The number of carbonyl (C=O) groups excluding carboxylic acids is 2. The van der Waals surface area contributed by atoms with Gasteiger partial charge < -0.3 is 0 Å². The molecule has 0 radical (unpaired) electrons. The largest absolute Gasteiger partial charge is 0.300 e. The van der Waals surface area contributed by atoms with Crippen molar-refractivity contribution < 1.29 is 9.59 Å². The topological polar surface area (TPSA) is 34.1 Å². The number of carbonyl (C=O) groups is 2. The van der Waals surface area contributed by atoms with Crippen LogP contribution in [0.25, 0.3) is 0 Å². The highest BCUT2D eigenvalue weighted by atomic mass is 16.1. The molecular weight excluding hydrogens is 188 g/mol. The van der Waals surface area contributed by atoms with E-state index in [-0.39, 0.29) is 22.9 Å². The lowest BCUT2D eigenvalue weighted by Gasteiger charge is -2.42. The van der Waals surface area contributed by atoms with Crippen LogP contribution in [0.4, 0.5) is 0 Å². The highest BCUT2D eigenvalue weighted by Crippen LogP contribution is 2.47. The molecule has 1 saturated carbocycles. The van der Waals surface area contributed by atoms with Crippen LogP contribution in [-0.4, -0.2) is 11.6 Å². The van der Waals surface area contributed by atoms with Crippen LogP contribution in [0.1, 0.15) is 32.1 Å². The lowest BCUT2D eigenvalue weighted by molar-refractivity contribution is -0.126. The van der Waals surface area contributed by atoms with Crippen molar-refractivity contribution in [1.29, 1.82) is 0 Å². The molecule has 0 aromatic heterocycles. The second kappa shape index (κ2) is 3.66. The first kappa shape index (κ1) is 10.2. The van der Waals surface area contributed by atoms with Crippen LogP contribution in [0, 0.1) is 23.7 Å². The molecule has 78 valence electrons. The van der Waals surface area contributed by atoms with Crippen LogP contribution in [0.5, 0.6) is 0 Å². The minimum atomic E-state index is -0.0728. The van der Waals surface area contributed by atoms with E-state index < -0.39 is 0 Å². The molecule has 0 aromatic rings. The predicted octanol–water partition coefficient (Wildman–Crippen LogP) is 1.89. The number of hydrogen-bond acceptors (Lipinski definition) is 2. The molecule has 2 rings (SSSR count). The van der Waals surface area contributed by atoms with E-state index in [1.807, 2.05) is 6.08 Å². The van der Waals surface area contributed by atoms with Gasteiger partial charge in [-0.05, 0) is 18.4 Å². The lowest BCUT2D eigenvalue weighted by Crippen LogP contribution is -2.38. The van der Waals surface area contributed by atoms with Crippen LogP contribution in [-0.2, 0) is 9.59 Å². The minimum Gasteiger partial charge on any atom is -0.300 e. The number of fused-ring (bicyclic) bond motifs is 1. The van der Waals surface area contributed by atoms with Gasteiger partial charge in [-0.1, -0.05) is 6.08 Å². The maximum Gasteiger partial charge on any atom is 0.155 e. The Morgan fingerprint density at radius 1 is 1.47 bits per heavy atom. The third-order valence-electron chi connectivity index (χ3n) is 3.64. The van der Waals surface area contributed by atoms with Gasteiger partial charge in [-0.15, -0.1) is 12.3 Å². The zero-order valence-corrected chi connectivity index (χ0v) is 8.66. The molecule has 2 aliphatic carbocycles. The van der Waals surface area contributed by atoms with Crippen molar-refractivity contribution in [3.63, 3.8) is 0 Å². The quantitative estimate of drug-likeness (QED) is 0.608. The first-order valence-corrected chi connectivity index (χ1v) is 5.33. The maximum absolute atomic E-state index is 11.4. The number of allylic oxidation sites excluding steroid dienone is 2. The molecule has 0 amide bonds. The van der Waals surface area contributed by atoms with Crippen molar-refractivity contribution >= 4 is 11.6 Å². The average Bonchev–Trinajstić information content (AvgIpc) is 2.20. The van der Waals surface area contributed by atoms with Crippen LogP contribution >= 0.6 is 0 Å². The van der Waals surface area contributed by atoms with Crippen molar-refractivity contribution in [2.24, 2.45) is 11.3 Å². The summed E-state index contributed by atoms with van der Waals surface area (Å²) in [6.45, 7) is 0. The fourth-order valence-corrected chi connectivity index (χ4v) is 2.70. The van der Waals surface area contributed by atoms with E-state index >= 15 is 0 Å². The molecule has 2 nitrogen and oxygen atoms in total. The fraction of sp³-hybridized carbons (Fsp3) is 0.538. The molecule has 0 aromatic carbocycles. The summed E-state index contributed by atoms with van der Waals surface area (Å²) in [4.78, 5) is 22.7. The molecule has 2 heteroatoms. The summed E-state index contributed by atoms with van der Waals surface area (Å²) in [7, 11) is 0. The average molecular weight is 202 g/mol. The Labute approximate surface area is 89.7 Å². The molecule has 0 heterocycles. The lowest BCUT2D eigenvalue weighted by atomic mass is 9.60. The second-order valence-corrected chi connectivity index (χ2v) is 4.56. The van der Waals surface area contributed by atoms with Crippen molar-refractivity contribution in [2.75, 3.05) is 0 Å². The van der Waals surface area contributed by atoms with Gasteiger partial charge in [0.1, 0.15) is 5.78 Å². The first-order valence-electron chi connectivity index (χ1n) is 5.33. The predicted molar refractivity (Wildman–Crippen MR) is 57.0 cm³/mol. The fourth-order valence-electron chi connectivity index (χ4n) is 2.70. The first-order chi connectivity index (χ1) is 7.16. The molecule has 0 aliphatic heterocycles. The highest BCUT2D eigenvalue weighted by molar-refractivity contribution is 5.92. The van der Waals surface area contributed by atoms with Gasteiger partial charge in [0.05, 0.1) is 0 Å². The van der Waals surface area contributed by atoms with Crippen LogP contribution in [0.3, 0.4) is 0 Å². The minimum absolute atomic E-state index is 0.0728. The molecule has 0 spiro atoms. The summed E-state index contributed by atoms with van der Waals surface area (Å²) in [5, 5.41) is 0. The molecular formula is C13H14O2. The summed E-state index contributed by atoms with van der Waals surface area (Å²) >= 11 is 0. The summed E-state index contributed by atoms with van der Waals surface area (Å²) in [5.74, 6) is 3.23. The van der Waals surface area contributed by atoms with Gasteiger partial charge in [0.15, 0.2) is 5.78 Å². The van der Waals surface area contributed by atoms with Gasteiger partial charge in [-0.25, -0.2) is 0 Å². The van der Waals surface area contributed by atoms with E-state index in [1.165, 1.54) is 0 Å². The third-order valence-corrected chi connectivity index (χ3v) is 3.64. The van der Waals surface area contributed by atoms with E-state index in [0.717, 1.165) is 6.42 Å². The Balaban J connectivity index is 2.30. The molecule has 2 atom stereocenters. The standard InChI is InChI=1S/C13H14O2/c1-2-5-13-6-3-11(14)8-10(13)9-12(15)4-7-13/h1,3,6,10H,4-5,7-9H2/t10-,13+/m1/s1. The van der Waals surface area contributed by atoms with E-state index in [4.69, 9.17) is 6.42 Å². The SMILES string of the molecule is C#CC[C@@]12C=CC(=O)C[C@@H]1CC(=O)CC2. The van der Waals surface area contributed by atoms with Crippen LogP contribution in [0.15, 0.2) is 12.2 Å². The van der Waals surface area contributed by atoms with Crippen molar-refractivity contribution in [1.82, 2.24) is 0 Å². The van der Waals surface area contributed by atoms with Gasteiger partial charge >= 0.3 is 0 Å². The van der Waals surface area contributed by atoms with E-state index in [1.54, 1.807) is 6.08 Å². The number of ketones is 2. The van der Waals surface area contributed by atoms with Gasteiger partial charge in [0.2, 0.25) is 0 Å². The Bertz CT molecular complexity index is 372. The molecule has 0 saturated heterocycles. The Hall–Kier alpha value is -1.36. The van der Waals surface area contributed by atoms with Gasteiger partial charge in [-0.3, -0.25) is 9.59 Å². The normalized spacial score (nSPS) is 34.7. The Kier molecular flexibility index (Phi) is 2.48. The molecule has 15 heavy (non-hydrogen) atoms. The number of Topliss-reactive ketones (excluding diaryl/α,β-unsaturated/α-hetero) is 1. The van der Waals surface area contributed by atoms with Gasteiger partial charge in [0.25, 0.3) is 0 Å². The molecule has 0 N–H and O–H groups in total. The van der Waals surface area contributed by atoms with E-state index in [0.29, 0.717) is 25.7 Å². The summed E-state index contributed by atoms with van der Waals surface area (Å²) in [5.41, 5.74) is -0.0728. The van der Waals surface area contributed by atoms with Crippen molar-refractivity contribution in [2.45, 2.75) is 32.1 Å². The monoisotopic (exact) mass is 202 g/mol. The summed E-state index contributed by atoms with van der Waals surface area (Å²) < 4.78 is 0. The maximum atomic E-state index is 11.4. The summed E-state index contributed by atoms with van der Waals surface area (Å²) in [6.07, 6.45) is 12.1. The van der Waals surface area contributed by atoms with Gasteiger partial charge in [0, 0.05) is 31.1 Å². The second-order valence-electron chi connectivity index (χ2n) is 4.56. The molecule has 1 fully saturated rings. The smallest absolute Gasteiger partial charge is 0.155 e. The number of rotatable bonds is 1. The van der Waals surface area contributed by atoms with Gasteiger partial charge in [-0.2, -0.15) is 0 Å². The zero-order valence-electron chi connectivity index (χ0n) is 8.66.